The number of aromatic carboxylic acids is 1. The van der Waals surface area contributed by atoms with Crippen molar-refractivity contribution in [3.63, 3.8) is 0 Å². The summed E-state index contributed by atoms with van der Waals surface area (Å²) in [4.78, 5) is 24.5. The molecule has 1 aliphatic rings. The van der Waals surface area contributed by atoms with Gasteiger partial charge in [0.25, 0.3) is 0 Å². The lowest BCUT2D eigenvalue weighted by molar-refractivity contribution is 0.0697. The largest absolute Gasteiger partial charge is 0.478 e. The van der Waals surface area contributed by atoms with Gasteiger partial charge in [-0.3, -0.25) is 4.21 Å². The fourth-order valence-electron chi connectivity index (χ4n) is 1.84. The molecule has 0 aliphatic carbocycles. The second-order valence-electron chi connectivity index (χ2n) is 4.39. The maximum atomic E-state index is 12.1. The van der Waals surface area contributed by atoms with Crippen molar-refractivity contribution in [1.82, 2.24) is 4.90 Å². The molecule has 0 spiro atoms. The number of carbonyl (C=O) groups excluding carboxylic acids is 1. The second kappa shape index (κ2) is 6.64. The summed E-state index contributed by atoms with van der Waals surface area (Å²) in [7, 11) is -0.880. The average molecular weight is 351 g/mol. The van der Waals surface area contributed by atoms with Gasteiger partial charge in [0.1, 0.15) is 0 Å². The standard InChI is InChI=1S/C12H12Cl2N2O4S/c13-8-5-7(11(17)18)6-9(14)10(8)15-12(19)16-1-3-21(20)4-2-16/h5-6H,1-4H2,(H,15,19)(H,17,18). The minimum atomic E-state index is -1.16. The second-order valence-corrected chi connectivity index (χ2v) is 6.90. The van der Waals surface area contributed by atoms with Crippen LogP contribution in [0.3, 0.4) is 0 Å². The van der Waals surface area contributed by atoms with E-state index in [4.69, 9.17) is 28.3 Å². The van der Waals surface area contributed by atoms with Crippen molar-refractivity contribution in [2.45, 2.75) is 0 Å². The highest BCUT2D eigenvalue weighted by molar-refractivity contribution is 7.85. The van der Waals surface area contributed by atoms with Crippen LogP contribution in [0.2, 0.25) is 10.0 Å². The molecular formula is C12H12Cl2N2O4S. The summed E-state index contributed by atoms with van der Waals surface area (Å²) in [5, 5.41) is 11.6. The molecule has 9 heteroatoms. The summed E-state index contributed by atoms with van der Waals surface area (Å²) in [5.41, 5.74) is 0.108. The SMILES string of the molecule is O=C(O)c1cc(Cl)c(NC(=O)N2CCS(=O)CC2)c(Cl)c1. The zero-order valence-corrected chi connectivity index (χ0v) is 13.1. The Kier molecular flexibility index (Phi) is 5.08. The van der Waals surface area contributed by atoms with Crippen LogP contribution in [-0.4, -0.2) is 50.8 Å². The van der Waals surface area contributed by atoms with Gasteiger partial charge in [0.15, 0.2) is 0 Å². The molecule has 1 aromatic rings. The third-order valence-corrected chi connectivity index (χ3v) is 4.86. The first kappa shape index (κ1) is 16.1. The van der Waals surface area contributed by atoms with Crippen molar-refractivity contribution in [2.75, 3.05) is 29.9 Å². The Bertz CT molecular complexity index is 590. The summed E-state index contributed by atoms with van der Waals surface area (Å²) in [6.07, 6.45) is 0. The molecule has 6 nitrogen and oxygen atoms in total. The summed E-state index contributed by atoms with van der Waals surface area (Å²) in [6.45, 7) is 0.780. The molecule has 2 N–H and O–H groups in total. The molecule has 2 amide bonds. The molecule has 2 rings (SSSR count). The first-order valence-electron chi connectivity index (χ1n) is 6.01. The van der Waals surface area contributed by atoms with E-state index in [0.29, 0.717) is 24.6 Å². The van der Waals surface area contributed by atoms with Crippen molar-refractivity contribution in [3.8, 4) is 0 Å². The van der Waals surface area contributed by atoms with Crippen LogP contribution in [0.5, 0.6) is 0 Å². The van der Waals surface area contributed by atoms with Crippen molar-refractivity contribution in [3.05, 3.63) is 27.7 Å². The number of hydrogen-bond acceptors (Lipinski definition) is 3. The van der Waals surface area contributed by atoms with Gasteiger partial charge in [0.05, 0.1) is 21.3 Å². The van der Waals surface area contributed by atoms with Gasteiger partial charge in [-0.05, 0) is 12.1 Å². The van der Waals surface area contributed by atoms with Gasteiger partial charge >= 0.3 is 12.0 Å². The minimum Gasteiger partial charge on any atom is -0.478 e. The maximum absolute atomic E-state index is 12.1. The summed E-state index contributed by atoms with van der Waals surface area (Å²) in [6, 6.07) is 2.03. The highest BCUT2D eigenvalue weighted by Gasteiger charge is 2.22. The number of carbonyl (C=O) groups is 2. The molecule has 1 fully saturated rings. The molecule has 0 saturated carbocycles. The van der Waals surface area contributed by atoms with E-state index in [1.165, 1.54) is 17.0 Å². The number of carboxylic acid groups (broad SMARTS) is 1. The van der Waals surface area contributed by atoms with E-state index in [2.05, 4.69) is 5.32 Å². The molecule has 1 aromatic carbocycles. The Hall–Kier alpha value is -1.31. The number of rotatable bonds is 2. The molecule has 1 saturated heterocycles. The van der Waals surface area contributed by atoms with Crippen LogP contribution in [0, 0.1) is 0 Å². The molecule has 0 radical (unpaired) electrons. The van der Waals surface area contributed by atoms with Gasteiger partial charge in [-0.15, -0.1) is 0 Å². The zero-order chi connectivity index (χ0) is 15.6. The zero-order valence-electron chi connectivity index (χ0n) is 10.8. The molecule has 21 heavy (non-hydrogen) atoms. The third kappa shape index (κ3) is 3.87. The smallest absolute Gasteiger partial charge is 0.335 e. The van der Waals surface area contributed by atoms with E-state index in [1.54, 1.807) is 0 Å². The number of halogens is 2. The molecule has 0 bridgehead atoms. The Morgan fingerprint density at radius 1 is 1.19 bits per heavy atom. The van der Waals surface area contributed by atoms with Gasteiger partial charge in [0, 0.05) is 35.4 Å². The van der Waals surface area contributed by atoms with Gasteiger partial charge in [-0.25, -0.2) is 9.59 Å². The van der Waals surface area contributed by atoms with E-state index in [9.17, 15) is 13.8 Å². The molecule has 0 unspecified atom stereocenters. The number of hydrogen-bond donors (Lipinski definition) is 2. The number of urea groups is 1. The quantitative estimate of drug-likeness (QED) is 0.856. The summed E-state index contributed by atoms with van der Waals surface area (Å²) < 4.78 is 11.3. The van der Waals surface area contributed by atoms with Crippen molar-refractivity contribution >= 4 is 51.7 Å². The molecular weight excluding hydrogens is 339 g/mol. The highest BCUT2D eigenvalue weighted by Crippen LogP contribution is 2.32. The van der Waals surface area contributed by atoms with Crippen LogP contribution < -0.4 is 5.32 Å². The Labute approximate surface area is 133 Å². The van der Waals surface area contributed by atoms with Gasteiger partial charge in [-0.2, -0.15) is 0 Å². The Balaban J connectivity index is 2.14. The van der Waals surface area contributed by atoms with Gasteiger partial charge in [-0.1, -0.05) is 23.2 Å². The lowest BCUT2D eigenvalue weighted by atomic mass is 10.2. The predicted octanol–water partition coefficient (Wildman–Crippen LogP) is 2.29. The van der Waals surface area contributed by atoms with E-state index in [0.717, 1.165) is 0 Å². The number of amides is 2. The normalized spacial score (nSPS) is 15.8. The predicted molar refractivity (Wildman–Crippen MR) is 81.9 cm³/mol. The topological polar surface area (TPSA) is 86.7 Å². The number of nitrogens with zero attached hydrogens (tertiary/aromatic N) is 1. The lowest BCUT2D eigenvalue weighted by Crippen LogP contribution is -2.44. The summed E-state index contributed by atoms with van der Waals surface area (Å²) >= 11 is 11.9. The fourth-order valence-corrected chi connectivity index (χ4v) is 3.48. The van der Waals surface area contributed by atoms with Crippen LogP contribution in [0.1, 0.15) is 10.4 Å². The molecule has 0 atom stereocenters. The first-order chi connectivity index (χ1) is 9.88. The number of anilines is 1. The molecule has 1 aliphatic heterocycles. The van der Waals surface area contributed by atoms with Crippen molar-refractivity contribution < 1.29 is 18.9 Å². The van der Waals surface area contributed by atoms with Crippen LogP contribution >= 0.6 is 23.2 Å². The van der Waals surface area contributed by atoms with Gasteiger partial charge in [0.2, 0.25) is 0 Å². The molecule has 114 valence electrons. The number of nitrogens with one attached hydrogen (secondary N) is 1. The van der Waals surface area contributed by atoms with Crippen molar-refractivity contribution in [2.24, 2.45) is 0 Å². The average Bonchev–Trinajstić information content (AvgIpc) is 2.43. The molecule has 1 heterocycles. The Morgan fingerprint density at radius 2 is 1.71 bits per heavy atom. The lowest BCUT2D eigenvalue weighted by Gasteiger charge is -2.26. The molecule has 0 aromatic heterocycles. The van der Waals surface area contributed by atoms with Crippen molar-refractivity contribution in [1.29, 1.82) is 0 Å². The van der Waals surface area contributed by atoms with E-state index >= 15 is 0 Å². The van der Waals surface area contributed by atoms with Crippen LogP contribution in [0.15, 0.2) is 12.1 Å². The summed E-state index contributed by atoms with van der Waals surface area (Å²) in [5.74, 6) is -0.283. The van der Waals surface area contributed by atoms with Crippen LogP contribution in [0.25, 0.3) is 0 Å². The maximum Gasteiger partial charge on any atom is 0.335 e. The van der Waals surface area contributed by atoms with Crippen LogP contribution in [-0.2, 0) is 10.8 Å². The number of benzene rings is 1. The van der Waals surface area contributed by atoms with Gasteiger partial charge < -0.3 is 15.3 Å². The first-order valence-corrected chi connectivity index (χ1v) is 8.26. The van der Waals surface area contributed by atoms with E-state index in [1.807, 2.05) is 0 Å². The van der Waals surface area contributed by atoms with E-state index in [-0.39, 0.29) is 21.3 Å². The van der Waals surface area contributed by atoms with E-state index < -0.39 is 22.8 Å². The highest BCUT2D eigenvalue weighted by atomic mass is 35.5. The number of carboxylic acids is 1. The third-order valence-electron chi connectivity index (χ3n) is 2.99. The Morgan fingerprint density at radius 3 is 2.19 bits per heavy atom. The fraction of sp³-hybridized carbons (Fsp3) is 0.333. The minimum absolute atomic E-state index is 0.0498. The monoisotopic (exact) mass is 350 g/mol. The van der Waals surface area contributed by atoms with Crippen LogP contribution in [0.4, 0.5) is 10.5 Å².